The molecule has 4 aliphatic heterocycles. The largest absolute Gasteiger partial charge is 0.790 e. The molecule has 84 heavy (non-hydrogen) atoms. The summed E-state index contributed by atoms with van der Waals surface area (Å²) in [4.78, 5) is 172. The van der Waals surface area contributed by atoms with Gasteiger partial charge in [-0.2, -0.15) is 0 Å². The maximum atomic E-state index is 13.3. The fourth-order valence-corrected chi connectivity index (χ4v) is 10.2. The van der Waals surface area contributed by atoms with E-state index >= 15 is 0 Å². The number of carbonyl (C=O) groups is 8. The van der Waals surface area contributed by atoms with Gasteiger partial charge in [-0.3, -0.25) is 77.9 Å². The molecule has 0 unspecified atom stereocenters. The molecule has 10 N–H and O–H groups in total. The Morgan fingerprint density at radius 3 is 0.631 bits per heavy atom. The zero-order valence-electron chi connectivity index (χ0n) is 44.1. The van der Waals surface area contributed by atoms with Crippen molar-refractivity contribution in [3.8, 4) is 0 Å². The number of benzene rings is 4. The first kappa shape index (κ1) is 62.5. The molecule has 0 saturated heterocycles. The van der Waals surface area contributed by atoms with Gasteiger partial charge in [-0.15, -0.1) is 0 Å². The van der Waals surface area contributed by atoms with E-state index in [0.717, 1.165) is 0 Å². The smallest absolute Gasteiger partial charge is 0.261 e. The number of phosphoric acid groups is 2. The van der Waals surface area contributed by atoms with Gasteiger partial charge in [0.2, 0.25) is 25.3 Å². The van der Waals surface area contributed by atoms with E-state index in [-0.39, 0.29) is 37.1 Å². The number of hydrogen-bond acceptors (Lipinski definition) is 14. The van der Waals surface area contributed by atoms with Crippen LogP contribution in [0.15, 0.2) is 123 Å². The van der Waals surface area contributed by atoms with Gasteiger partial charge in [-0.1, -0.05) is 0 Å². The number of aromatic nitrogens is 8. The quantitative estimate of drug-likeness (QED) is 0.0316. The van der Waals surface area contributed by atoms with Crippen LogP contribution < -0.4 is 37.8 Å². The number of aryl methyl sites for hydroxylation is 4. The SMILES string of the molecule is O.O.O=C1c2ccc3c4c(ccc(c24)C(=O)N1CCC[n+]1cc[nH]c1)C(=O)N(CCC[n+]1cc[nH]c1)C3=O.O=C1c2ccc3c4c(ccc(c24)C(=O)N1CCC[n+]1cc[nH]c1)C(=O)N(CCC[n+]1cc[nH]c1)C3=O.O=P([O-])([O-])O.O=P([O-])([O-])O. The van der Waals surface area contributed by atoms with E-state index in [2.05, 4.69) is 19.9 Å². The third-order valence-electron chi connectivity index (χ3n) is 13.7. The lowest BCUT2D eigenvalue weighted by molar-refractivity contribution is -0.696. The Morgan fingerprint density at radius 1 is 0.345 bits per heavy atom. The Kier molecular flexibility index (Phi) is 19.4. The summed E-state index contributed by atoms with van der Waals surface area (Å²) in [5.41, 5.74) is 2.76. The first-order valence-corrected chi connectivity index (χ1v) is 28.3. The molecule has 8 amide bonds. The van der Waals surface area contributed by atoms with Gasteiger partial charge in [-0.05, 0) is 48.5 Å². The predicted octanol–water partition coefficient (Wildman–Crippen LogP) is -3.15. The Hall–Kier alpha value is -9.06. The van der Waals surface area contributed by atoms with Crippen LogP contribution in [-0.4, -0.2) is 134 Å². The Labute approximate surface area is 474 Å². The highest BCUT2D eigenvalue weighted by molar-refractivity contribution is 7.42. The molecule has 4 aromatic heterocycles. The summed E-state index contributed by atoms with van der Waals surface area (Å²) in [5, 5.41) is 1.61. The summed E-state index contributed by atoms with van der Waals surface area (Å²) in [5.74, 6) is -3.21. The van der Waals surface area contributed by atoms with E-state index < -0.39 is 62.9 Å². The van der Waals surface area contributed by atoms with Crippen molar-refractivity contribution in [1.29, 1.82) is 0 Å². The lowest BCUT2D eigenvalue weighted by Gasteiger charge is -2.31. The third-order valence-corrected chi connectivity index (χ3v) is 13.7. The van der Waals surface area contributed by atoms with Gasteiger partial charge in [0.1, 0.15) is 49.6 Å². The zero-order valence-corrected chi connectivity index (χ0v) is 45.9. The van der Waals surface area contributed by atoms with E-state index in [0.29, 0.717) is 118 Å². The molecule has 4 aromatic carbocycles. The molecule has 0 radical (unpaired) electrons. The van der Waals surface area contributed by atoms with Gasteiger partial charge in [0, 0.05) is 118 Å². The number of aromatic amines is 4. The van der Waals surface area contributed by atoms with Crippen LogP contribution in [-0.2, 0) is 35.3 Å². The van der Waals surface area contributed by atoms with Gasteiger partial charge < -0.3 is 49.4 Å². The van der Waals surface area contributed by atoms with E-state index in [1.54, 1.807) is 73.3 Å². The average molecular weight is 1200 g/mol. The number of amides is 8. The number of carbonyl (C=O) groups excluding carboxylic acids is 8. The van der Waals surface area contributed by atoms with Gasteiger partial charge in [0.05, 0.1) is 41.8 Å². The predicted molar refractivity (Wildman–Crippen MR) is 279 cm³/mol. The molecular formula is C52H54N12O18P2. The molecule has 0 bridgehead atoms. The highest BCUT2D eigenvalue weighted by atomic mass is 31.2. The van der Waals surface area contributed by atoms with Crippen molar-refractivity contribution in [2.45, 2.75) is 51.9 Å². The van der Waals surface area contributed by atoms with Crippen LogP contribution in [0.3, 0.4) is 0 Å². The van der Waals surface area contributed by atoms with Crippen LogP contribution in [0.25, 0.3) is 21.5 Å². The Morgan fingerprint density at radius 2 is 0.500 bits per heavy atom. The molecule has 32 heteroatoms. The second-order valence-corrected chi connectivity index (χ2v) is 20.8. The van der Waals surface area contributed by atoms with Crippen molar-refractivity contribution in [3.63, 3.8) is 0 Å². The number of nitrogens with zero attached hydrogens (tertiary/aromatic N) is 8. The number of H-pyrrole nitrogens is 4. The molecule has 8 aromatic rings. The fourth-order valence-electron chi connectivity index (χ4n) is 10.2. The van der Waals surface area contributed by atoms with Gasteiger partial charge in [-0.25, -0.2) is 18.3 Å². The Balaban J connectivity index is 0.000000204. The average Bonchev–Trinajstić information content (AvgIpc) is 0.992. The second-order valence-electron chi connectivity index (χ2n) is 18.9. The number of rotatable bonds is 16. The Bertz CT molecular complexity index is 3260. The molecular weight excluding hydrogens is 1140 g/mol. The minimum Gasteiger partial charge on any atom is -0.790 e. The lowest BCUT2D eigenvalue weighted by atomic mass is 9.86. The van der Waals surface area contributed by atoms with E-state index in [1.165, 1.54) is 19.6 Å². The third kappa shape index (κ3) is 13.5. The van der Waals surface area contributed by atoms with Crippen LogP contribution in [0.5, 0.6) is 0 Å². The van der Waals surface area contributed by atoms with Gasteiger partial charge in [0.15, 0.2) is 0 Å². The number of nitrogens with one attached hydrogen (secondary N) is 4. The minimum absolute atomic E-state index is 0. The molecule has 12 rings (SSSR count). The normalized spacial score (nSPS) is 14.2. The van der Waals surface area contributed by atoms with Crippen LogP contribution in [0.4, 0.5) is 0 Å². The van der Waals surface area contributed by atoms with E-state index in [4.69, 9.17) is 38.5 Å². The topological polar surface area (TPSA) is 458 Å². The van der Waals surface area contributed by atoms with Crippen molar-refractivity contribution in [2.24, 2.45) is 0 Å². The number of imidazole rings is 4. The molecule has 8 heterocycles. The van der Waals surface area contributed by atoms with Gasteiger partial charge >= 0.3 is 0 Å². The zero-order chi connectivity index (χ0) is 58.6. The summed E-state index contributed by atoms with van der Waals surface area (Å²) < 4.78 is 25.1. The van der Waals surface area contributed by atoms with Crippen molar-refractivity contribution in [3.05, 3.63) is 168 Å². The molecule has 440 valence electrons. The van der Waals surface area contributed by atoms with E-state index in [1.807, 2.05) is 68.4 Å². The van der Waals surface area contributed by atoms with Crippen molar-refractivity contribution in [1.82, 2.24) is 39.5 Å². The molecule has 0 spiro atoms. The highest BCUT2D eigenvalue weighted by Crippen LogP contribution is 2.40. The second kappa shape index (κ2) is 26.0. The fraction of sp³-hybridized carbons (Fsp3) is 0.231. The summed E-state index contributed by atoms with van der Waals surface area (Å²) in [7, 11) is -10.3. The molecule has 0 fully saturated rings. The molecule has 0 atom stereocenters. The summed E-state index contributed by atoms with van der Waals surface area (Å²) >= 11 is 0. The number of imide groups is 4. The van der Waals surface area contributed by atoms with Crippen LogP contribution in [0.2, 0.25) is 0 Å². The maximum Gasteiger partial charge on any atom is 0.261 e. The number of hydrogen-bond donors (Lipinski definition) is 6. The summed E-state index contributed by atoms with van der Waals surface area (Å²) in [6, 6.07) is 12.9. The molecule has 30 nitrogen and oxygen atoms in total. The van der Waals surface area contributed by atoms with Crippen molar-refractivity contribution >= 4 is 84.4 Å². The highest BCUT2D eigenvalue weighted by Gasteiger charge is 2.41. The van der Waals surface area contributed by atoms with Crippen molar-refractivity contribution < 1.29 is 106 Å². The first-order chi connectivity index (χ1) is 39.1. The standard InChI is InChI=1S/2C26H22N6O4.2H3O4P.2H2O/c2*33-23-17-3-5-19-22-20(26(36)32(25(19)35)12-2-10-30-14-8-28-16-30)6-4-18(21(17)22)24(34)31(23)11-1-9-29-13-7-27-15-29;2*1-5(2,3)4;;/h2*3-8,13-16H,1-2,9-12H2;2*(H3,1,2,3,4);2*1H2. The molecule has 0 saturated carbocycles. The first-order valence-electron chi connectivity index (χ1n) is 25.3. The van der Waals surface area contributed by atoms with Gasteiger partial charge in [0.25, 0.3) is 47.3 Å². The summed E-state index contributed by atoms with van der Waals surface area (Å²) in [6.07, 6.45) is 24.4. The van der Waals surface area contributed by atoms with Crippen molar-refractivity contribution in [2.75, 3.05) is 26.2 Å². The summed E-state index contributed by atoms with van der Waals surface area (Å²) in [6.45, 7) is 3.70. The van der Waals surface area contributed by atoms with Crippen LogP contribution in [0, 0.1) is 0 Å². The maximum absolute atomic E-state index is 13.3. The molecule has 0 aliphatic carbocycles. The monoisotopic (exact) mass is 1200 g/mol. The van der Waals surface area contributed by atoms with Crippen LogP contribution >= 0.6 is 15.6 Å². The lowest BCUT2D eigenvalue weighted by Crippen LogP contribution is -2.45. The van der Waals surface area contributed by atoms with Crippen LogP contribution in [0.1, 0.15) is 109 Å². The molecule has 4 aliphatic rings. The van der Waals surface area contributed by atoms with E-state index in [9.17, 15) is 38.4 Å². The minimum atomic E-state index is -5.14.